The quantitative estimate of drug-likeness (QED) is 0.332. The maximum absolute atomic E-state index is 10.1. The summed E-state index contributed by atoms with van der Waals surface area (Å²) in [5, 5.41) is 15.8. The maximum Gasteiger partial charge on any atom is 1.00 e. The van der Waals surface area contributed by atoms with Crippen LogP contribution < -0.4 is 18.9 Å². The average molecular weight is 197 g/mol. The number of carboxylic acids is 2. The predicted octanol–water partition coefficient (Wildman–Crippen LogP) is -5.11. The molecular formula is C4H3BLiO8. The van der Waals surface area contributed by atoms with Gasteiger partial charge in [0.15, 0.2) is 0 Å². The average Bonchev–Trinajstić information content (AvgIpc) is 2.03. The van der Waals surface area contributed by atoms with Crippen LogP contribution in [0.3, 0.4) is 0 Å². The smallest absolute Gasteiger partial charge is 1.00 e. The summed E-state index contributed by atoms with van der Waals surface area (Å²) in [5.41, 5.74) is 0. The van der Waals surface area contributed by atoms with Crippen molar-refractivity contribution in [2.75, 3.05) is 0 Å². The van der Waals surface area contributed by atoms with E-state index in [9.17, 15) is 19.2 Å². The Morgan fingerprint density at radius 1 is 0.929 bits per heavy atom. The van der Waals surface area contributed by atoms with Crippen molar-refractivity contribution >= 4 is 31.6 Å². The van der Waals surface area contributed by atoms with Gasteiger partial charge >= 0.3 is 50.4 Å². The van der Waals surface area contributed by atoms with E-state index in [0.29, 0.717) is 0 Å². The summed E-state index contributed by atoms with van der Waals surface area (Å²) in [6, 6.07) is 0. The van der Waals surface area contributed by atoms with E-state index in [1.165, 1.54) is 0 Å². The van der Waals surface area contributed by atoms with Gasteiger partial charge < -0.3 is 20.9 Å². The van der Waals surface area contributed by atoms with Crippen molar-refractivity contribution in [2.45, 2.75) is 0 Å². The van der Waals surface area contributed by atoms with Gasteiger partial charge in [0.1, 0.15) is 0 Å². The molecule has 0 aromatic heterocycles. The van der Waals surface area contributed by atoms with Crippen molar-refractivity contribution in [2.24, 2.45) is 0 Å². The van der Waals surface area contributed by atoms with E-state index < -0.39 is 23.9 Å². The zero-order chi connectivity index (χ0) is 10.4. The third-order valence-electron chi connectivity index (χ3n) is 0.660. The monoisotopic (exact) mass is 197 g/mol. The molecule has 0 fully saturated rings. The minimum absolute atomic E-state index is 0. The topological polar surface area (TPSA) is 127 Å². The third kappa shape index (κ3) is 6.10. The molecule has 10 heteroatoms. The van der Waals surface area contributed by atoms with Crippen molar-refractivity contribution in [1.82, 2.24) is 0 Å². The molecule has 0 spiro atoms. The molecule has 8 nitrogen and oxygen atoms in total. The van der Waals surface area contributed by atoms with Crippen LogP contribution in [-0.4, -0.2) is 41.8 Å². The molecule has 71 valence electrons. The van der Waals surface area contributed by atoms with Crippen molar-refractivity contribution < 1.29 is 59.0 Å². The summed E-state index contributed by atoms with van der Waals surface area (Å²) >= 11 is 0. The molecule has 0 aliphatic carbocycles. The van der Waals surface area contributed by atoms with E-state index >= 15 is 0 Å². The second kappa shape index (κ2) is 6.99. The molecule has 0 rings (SSSR count). The Bertz CT molecular complexity index is 241. The van der Waals surface area contributed by atoms with Gasteiger partial charge in [0.25, 0.3) is 0 Å². The molecule has 0 saturated heterocycles. The van der Waals surface area contributed by atoms with E-state index in [-0.39, 0.29) is 28.0 Å². The first kappa shape index (κ1) is 15.0. The molecule has 0 bridgehead atoms. The van der Waals surface area contributed by atoms with Crippen LogP contribution in [0, 0.1) is 0 Å². The molecule has 0 aromatic rings. The summed E-state index contributed by atoms with van der Waals surface area (Å²) in [7, 11) is 0.0207. The Hall–Kier alpha value is -1.46. The molecule has 0 aromatic carbocycles. The fourth-order valence-electron chi connectivity index (χ4n) is 0.212. The third-order valence-corrected chi connectivity index (χ3v) is 0.660. The van der Waals surface area contributed by atoms with E-state index in [1.54, 1.807) is 0 Å². The van der Waals surface area contributed by atoms with Crippen molar-refractivity contribution in [3.8, 4) is 0 Å². The number of aliphatic carboxylic acids is 2. The SMILES string of the molecule is O=C(O)C(=O)O[B]OC(=O)C(=O)O.[H-].[Li+]. The minimum atomic E-state index is -1.90. The van der Waals surface area contributed by atoms with E-state index in [1.807, 2.05) is 0 Å². The van der Waals surface area contributed by atoms with Gasteiger partial charge in [-0.25, -0.2) is 19.2 Å². The van der Waals surface area contributed by atoms with E-state index in [2.05, 4.69) is 9.31 Å². The number of hydrogen-bond donors (Lipinski definition) is 2. The molecule has 0 atom stereocenters. The first-order valence-electron chi connectivity index (χ1n) is 2.64. The summed E-state index contributed by atoms with van der Waals surface area (Å²) in [5.74, 6) is -7.19. The Balaban J connectivity index is -0.000000720. The zero-order valence-corrected chi connectivity index (χ0v) is 6.92. The van der Waals surface area contributed by atoms with E-state index in [0.717, 1.165) is 0 Å². The van der Waals surface area contributed by atoms with Crippen LogP contribution >= 0.6 is 0 Å². The van der Waals surface area contributed by atoms with E-state index in [4.69, 9.17) is 10.2 Å². The summed E-state index contributed by atoms with van der Waals surface area (Å²) < 4.78 is 7.31. The first-order valence-corrected chi connectivity index (χ1v) is 2.64. The normalized spacial score (nSPS) is 7.71. The molecule has 0 heterocycles. The van der Waals surface area contributed by atoms with Crippen LogP contribution in [0.1, 0.15) is 1.43 Å². The van der Waals surface area contributed by atoms with Crippen LogP contribution in [0.15, 0.2) is 0 Å². The Morgan fingerprint density at radius 2 is 1.21 bits per heavy atom. The summed E-state index contributed by atoms with van der Waals surface area (Å²) in [6.07, 6.45) is 0. The molecule has 1 radical (unpaired) electrons. The molecule has 0 amide bonds. The van der Waals surface area contributed by atoms with Crippen molar-refractivity contribution in [1.29, 1.82) is 0 Å². The van der Waals surface area contributed by atoms with Gasteiger partial charge in [-0.2, -0.15) is 0 Å². The number of carbonyl (C=O) groups is 4. The largest absolute Gasteiger partial charge is 1.00 e. The van der Waals surface area contributed by atoms with Gasteiger partial charge in [0.2, 0.25) is 0 Å². The minimum Gasteiger partial charge on any atom is -1.00 e. The first-order chi connectivity index (χ1) is 5.95. The fourth-order valence-corrected chi connectivity index (χ4v) is 0.212. The maximum atomic E-state index is 10.1. The molecule has 0 unspecified atom stereocenters. The fraction of sp³-hybridized carbons (Fsp3) is 0. The second-order valence-corrected chi connectivity index (χ2v) is 1.52. The Morgan fingerprint density at radius 3 is 1.43 bits per heavy atom. The number of carbonyl (C=O) groups excluding carboxylic acids is 2. The van der Waals surface area contributed by atoms with Gasteiger partial charge in [-0.05, 0) is 0 Å². The Labute approximate surface area is 91.1 Å². The molecule has 0 aliphatic rings. The van der Waals surface area contributed by atoms with Crippen molar-refractivity contribution in [3.63, 3.8) is 0 Å². The van der Waals surface area contributed by atoms with Crippen molar-refractivity contribution in [3.05, 3.63) is 0 Å². The van der Waals surface area contributed by atoms with Crippen LogP contribution in [0.2, 0.25) is 0 Å². The summed E-state index contributed by atoms with van der Waals surface area (Å²) in [6.45, 7) is 0. The van der Waals surface area contributed by atoms with Crippen LogP contribution in [0.25, 0.3) is 0 Å². The zero-order valence-electron chi connectivity index (χ0n) is 7.92. The molecule has 0 aliphatic heterocycles. The molecular weight excluding hydrogens is 194 g/mol. The van der Waals surface area contributed by atoms with Gasteiger partial charge in [0.05, 0.1) is 0 Å². The second-order valence-electron chi connectivity index (χ2n) is 1.52. The van der Waals surface area contributed by atoms with Crippen LogP contribution in [-0.2, 0) is 28.5 Å². The van der Waals surface area contributed by atoms with Gasteiger partial charge in [0, 0.05) is 0 Å². The molecule has 0 saturated carbocycles. The van der Waals surface area contributed by atoms with Crippen LogP contribution in [0.4, 0.5) is 0 Å². The molecule has 2 N–H and O–H groups in total. The number of rotatable bonds is 2. The number of hydrogen-bond acceptors (Lipinski definition) is 6. The summed E-state index contributed by atoms with van der Waals surface area (Å²) in [4.78, 5) is 39.7. The van der Waals surface area contributed by atoms with Gasteiger partial charge in [-0.3, -0.25) is 0 Å². The van der Waals surface area contributed by atoms with Crippen LogP contribution in [0.5, 0.6) is 0 Å². The number of carboxylic acid groups (broad SMARTS) is 2. The Kier molecular flexibility index (Phi) is 7.51. The van der Waals surface area contributed by atoms with Gasteiger partial charge in [-0.1, -0.05) is 0 Å². The van der Waals surface area contributed by atoms with Gasteiger partial charge in [-0.15, -0.1) is 0 Å². The standard InChI is InChI=1S/C4H2BO8.Li.H/c6-1(7)3(10)12-5-13-4(11)2(8)9;;/h(H,6,7)(H,8,9);;/q;+1;-1. The molecule has 14 heavy (non-hydrogen) atoms. The predicted molar refractivity (Wildman–Crippen MR) is 34.3 cm³/mol.